The van der Waals surface area contributed by atoms with Gasteiger partial charge in [-0.25, -0.2) is 8.78 Å². The van der Waals surface area contributed by atoms with E-state index in [4.69, 9.17) is 0 Å². The first kappa shape index (κ1) is 22.4. The van der Waals surface area contributed by atoms with E-state index in [0.717, 1.165) is 6.07 Å². The van der Waals surface area contributed by atoms with Crippen LogP contribution in [0.25, 0.3) is 0 Å². The molecule has 0 fully saturated rings. The molecule has 0 aliphatic heterocycles. The summed E-state index contributed by atoms with van der Waals surface area (Å²) in [6.07, 6.45) is 0. The fourth-order valence-electron chi connectivity index (χ4n) is 3.17. The average Bonchev–Trinajstić information content (AvgIpc) is 2.44. The Bertz CT molecular complexity index is 499. The molecule has 0 heterocycles. The molecule has 0 bridgehead atoms. The zero-order valence-corrected chi connectivity index (χ0v) is 17.7. The minimum absolute atomic E-state index is 0.358. The highest BCUT2D eigenvalue weighted by Gasteiger charge is 2.32. The van der Waals surface area contributed by atoms with Gasteiger partial charge in [-0.05, 0) is 61.5 Å². The van der Waals surface area contributed by atoms with Crippen molar-refractivity contribution >= 4 is 8.37 Å². The molecule has 0 saturated heterocycles. The summed E-state index contributed by atoms with van der Waals surface area (Å²) in [5.41, 5.74) is 0.494. The Labute approximate surface area is 153 Å². The summed E-state index contributed by atoms with van der Waals surface area (Å²) < 4.78 is 32.1. The number of benzene rings is 1. The van der Waals surface area contributed by atoms with Gasteiger partial charge in [0.1, 0.15) is 20.0 Å². The highest BCUT2D eigenvalue weighted by molar-refractivity contribution is 7.50. The van der Waals surface area contributed by atoms with Crippen molar-refractivity contribution in [2.24, 2.45) is 0 Å². The molecule has 1 rings (SSSR count). The van der Waals surface area contributed by atoms with Gasteiger partial charge in [-0.2, -0.15) is 0 Å². The zero-order chi connectivity index (χ0) is 19.3. The van der Waals surface area contributed by atoms with Crippen LogP contribution >= 0.6 is 8.37 Å². The van der Waals surface area contributed by atoms with E-state index in [0.29, 0.717) is 36.3 Å². The van der Waals surface area contributed by atoms with E-state index in [-0.39, 0.29) is 0 Å². The smallest absolute Gasteiger partial charge is 0.130 e. The molecule has 1 aromatic carbocycles. The Kier molecular flexibility index (Phi) is 8.90. The van der Waals surface area contributed by atoms with E-state index in [1.54, 1.807) is 0 Å². The summed E-state index contributed by atoms with van der Waals surface area (Å²) in [4.78, 5) is 0. The molecular weight excluding hydrogens is 339 g/mol. The maximum atomic E-state index is 14.0. The van der Waals surface area contributed by atoms with Gasteiger partial charge in [0.2, 0.25) is 0 Å². The fourth-order valence-corrected chi connectivity index (χ4v) is 5.80. The van der Waals surface area contributed by atoms with Gasteiger partial charge >= 0.3 is 0 Å². The predicted octanol–water partition coefficient (Wildman–Crippen LogP) is 5.52. The summed E-state index contributed by atoms with van der Waals surface area (Å²) in [6.45, 7) is 17.9. The molecule has 0 aliphatic carbocycles. The van der Waals surface area contributed by atoms with Gasteiger partial charge in [-0.15, -0.1) is 0 Å². The van der Waals surface area contributed by atoms with Crippen LogP contribution in [0, 0.1) is 11.6 Å². The first-order valence-electron chi connectivity index (χ1n) is 9.10. The fraction of sp³-hybridized carbons (Fsp3) is 0.684. The van der Waals surface area contributed by atoms with Crippen LogP contribution in [0.2, 0.25) is 0 Å². The van der Waals surface area contributed by atoms with E-state index in [2.05, 4.69) is 69.8 Å². The van der Waals surface area contributed by atoms with Crippen LogP contribution in [0.5, 0.6) is 0 Å². The molecule has 3 nitrogen and oxygen atoms in total. The van der Waals surface area contributed by atoms with Crippen molar-refractivity contribution < 1.29 is 8.78 Å². The quantitative estimate of drug-likeness (QED) is 0.575. The van der Waals surface area contributed by atoms with Crippen LogP contribution in [-0.4, -0.2) is 33.5 Å². The number of nitrogens with one attached hydrogen (secondary N) is 1. The molecular formula is C19H34F2N3P. The Morgan fingerprint density at radius 3 is 1.64 bits per heavy atom. The first-order chi connectivity index (χ1) is 11.6. The largest absolute Gasteiger partial charge is 0.266 e. The van der Waals surface area contributed by atoms with Gasteiger partial charge in [0.25, 0.3) is 0 Å². The molecule has 25 heavy (non-hydrogen) atoms. The molecule has 0 spiro atoms. The molecule has 1 aromatic rings. The summed E-state index contributed by atoms with van der Waals surface area (Å²) in [5, 5.41) is 3.58. The van der Waals surface area contributed by atoms with Crippen LogP contribution in [0.1, 0.15) is 61.0 Å². The molecule has 0 unspecified atom stereocenters. The second-order valence-electron chi connectivity index (χ2n) is 7.50. The van der Waals surface area contributed by atoms with Crippen LogP contribution in [-0.2, 0) is 6.54 Å². The van der Waals surface area contributed by atoms with Crippen LogP contribution < -0.4 is 5.09 Å². The van der Waals surface area contributed by atoms with Gasteiger partial charge in [0, 0.05) is 42.3 Å². The molecule has 0 atom stereocenters. The summed E-state index contributed by atoms with van der Waals surface area (Å²) in [7, 11) is -0.833. The number of halogens is 2. The van der Waals surface area contributed by atoms with E-state index in [1.165, 1.54) is 12.1 Å². The normalized spacial score (nSPS) is 12.8. The first-order valence-corrected chi connectivity index (χ1v) is 10.3. The maximum absolute atomic E-state index is 14.0. The molecule has 0 radical (unpaired) electrons. The monoisotopic (exact) mass is 373 g/mol. The summed E-state index contributed by atoms with van der Waals surface area (Å²) in [5.74, 6) is -1.04. The van der Waals surface area contributed by atoms with Crippen molar-refractivity contribution in [1.29, 1.82) is 0 Å². The SMILES string of the molecule is CC(C)N(C(C)C)P(NCc1ccc(F)cc1F)N(C(C)C)C(C)C. The van der Waals surface area contributed by atoms with Gasteiger partial charge in [0.05, 0.1) is 0 Å². The van der Waals surface area contributed by atoms with Gasteiger partial charge in [-0.1, -0.05) is 6.07 Å². The zero-order valence-electron chi connectivity index (χ0n) is 16.8. The van der Waals surface area contributed by atoms with Gasteiger partial charge in [0.15, 0.2) is 0 Å². The third-order valence-electron chi connectivity index (χ3n) is 3.98. The second kappa shape index (κ2) is 9.91. The average molecular weight is 373 g/mol. The molecule has 0 aliphatic rings. The number of hydrogen-bond donors (Lipinski definition) is 1. The topological polar surface area (TPSA) is 18.5 Å². The van der Waals surface area contributed by atoms with Crippen LogP contribution in [0.3, 0.4) is 0 Å². The summed E-state index contributed by atoms with van der Waals surface area (Å²) >= 11 is 0. The lowest BCUT2D eigenvalue weighted by Gasteiger charge is -2.47. The van der Waals surface area contributed by atoms with E-state index in [9.17, 15) is 8.78 Å². The van der Waals surface area contributed by atoms with Crippen molar-refractivity contribution in [3.63, 3.8) is 0 Å². The summed E-state index contributed by atoms with van der Waals surface area (Å²) in [6, 6.07) is 5.22. The Morgan fingerprint density at radius 2 is 1.28 bits per heavy atom. The molecule has 0 saturated carbocycles. The number of hydrogen-bond acceptors (Lipinski definition) is 3. The predicted molar refractivity (Wildman–Crippen MR) is 104 cm³/mol. The molecule has 0 aromatic heterocycles. The highest BCUT2D eigenvalue weighted by Crippen LogP contribution is 2.46. The van der Waals surface area contributed by atoms with Gasteiger partial charge in [-0.3, -0.25) is 14.4 Å². The van der Waals surface area contributed by atoms with Gasteiger partial charge < -0.3 is 0 Å². The van der Waals surface area contributed by atoms with Crippen LogP contribution in [0.15, 0.2) is 18.2 Å². The Balaban J connectivity index is 3.12. The number of nitrogens with zero attached hydrogens (tertiary/aromatic N) is 2. The second-order valence-corrected chi connectivity index (χ2v) is 9.31. The lowest BCUT2D eigenvalue weighted by atomic mass is 10.2. The van der Waals surface area contributed by atoms with E-state index in [1.807, 2.05) is 0 Å². The van der Waals surface area contributed by atoms with E-state index >= 15 is 0 Å². The lowest BCUT2D eigenvalue weighted by Crippen LogP contribution is -2.46. The van der Waals surface area contributed by atoms with Crippen molar-refractivity contribution in [3.8, 4) is 0 Å². The van der Waals surface area contributed by atoms with Crippen molar-refractivity contribution in [3.05, 3.63) is 35.4 Å². The van der Waals surface area contributed by atoms with E-state index < -0.39 is 20.0 Å². The molecule has 6 heteroatoms. The van der Waals surface area contributed by atoms with Crippen molar-refractivity contribution in [2.75, 3.05) is 0 Å². The maximum Gasteiger partial charge on any atom is 0.130 e. The Hall–Kier alpha value is -0.610. The van der Waals surface area contributed by atoms with Crippen molar-refractivity contribution in [2.45, 2.75) is 86.1 Å². The van der Waals surface area contributed by atoms with Crippen LogP contribution in [0.4, 0.5) is 8.78 Å². The third-order valence-corrected chi connectivity index (χ3v) is 7.14. The Morgan fingerprint density at radius 1 is 0.840 bits per heavy atom. The number of rotatable bonds is 9. The minimum atomic E-state index is -0.833. The molecule has 0 amide bonds. The molecule has 144 valence electrons. The minimum Gasteiger partial charge on any atom is -0.266 e. The van der Waals surface area contributed by atoms with Crippen molar-refractivity contribution in [1.82, 2.24) is 14.4 Å². The third kappa shape index (κ3) is 6.25. The lowest BCUT2D eigenvalue weighted by molar-refractivity contribution is 0.251. The highest BCUT2D eigenvalue weighted by atomic mass is 31.1. The standard InChI is InChI=1S/C19H34F2N3P/c1-13(2)23(14(3)4)25(24(15(5)6)16(7)8)22-12-17-9-10-18(20)11-19(17)21/h9-11,13-16,22H,12H2,1-8H3. The molecule has 1 N–H and O–H groups in total.